The highest BCUT2D eigenvalue weighted by Crippen LogP contribution is 2.23. The van der Waals surface area contributed by atoms with Gasteiger partial charge in [-0.25, -0.2) is 4.98 Å². The van der Waals surface area contributed by atoms with Crippen molar-refractivity contribution in [3.05, 3.63) is 77.3 Å². The minimum Gasteiger partial charge on any atom is -0.394 e. The lowest BCUT2D eigenvalue weighted by atomic mass is 10.1. The lowest BCUT2D eigenvalue weighted by molar-refractivity contribution is 0.281. The Labute approximate surface area is 167 Å². The third-order valence-electron chi connectivity index (χ3n) is 4.52. The number of rotatable bonds is 6. The van der Waals surface area contributed by atoms with Crippen LogP contribution in [0.4, 0.5) is 5.82 Å². The maximum atomic E-state index is 9.21. The zero-order valence-corrected chi connectivity index (χ0v) is 16.1. The van der Waals surface area contributed by atoms with E-state index in [1.165, 1.54) is 0 Å². The molecule has 4 rings (SSSR count). The van der Waals surface area contributed by atoms with Crippen molar-refractivity contribution in [3.8, 4) is 11.1 Å². The molecule has 0 bridgehead atoms. The van der Waals surface area contributed by atoms with Gasteiger partial charge in [-0.2, -0.15) is 0 Å². The van der Waals surface area contributed by atoms with Gasteiger partial charge >= 0.3 is 0 Å². The fraction of sp³-hybridized carbons (Fsp3) is 0.190. The molecule has 28 heavy (non-hydrogen) atoms. The van der Waals surface area contributed by atoms with Crippen molar-refractivity contribution in [2.24, 2.45) is 0 Å². The van der Waals surface area contributed by atoms with Crippen molar-refractivity contribution in [1.82, 2.24) is 19.6 Å². The highest BCUT2D eigenvalue weighted by molar-refractivity contribution is 6.30. The number of aliphatic hydroxyl groups is 1. The number of aliphatic hydroxyl groups excluding tert-OH is 1. The molecule has 0 spiro atoms. The first-order chi connectivity index (χ1) is 13.6. The minimum absolute atomic E-state index is 0.0496. The van der Waals surface area contributed by atoms with E-state index in [2.05, 4.69) is 20.5 Å². The summed E-state index contributed by atoms with van der Waals surface area (Å²) in [7, 11) is 0. The highest BCUT2D eigenvalue weighted by Gasteiger charge is 2.09. The first kappa shape index (κ1) is 18.4. The van der Waals surface area contributed by atoms with E-state index in [0.29, 0.717) is 6.42 Å². The third kappa shape index (κ3) is 3.98. The normalized spacial score (nSPS) is 12.2. The lowest BCUT2D eigenvalue weighted by Crippen LogP contribution is -2.19. The summed E-state index contributed by atoms with van der Waals surface area (Å²) < 4.78 is 1.99. The van der Waals surface area contributed by atoms with E-state index in [9.17, 15) is 5.11 Å². The van der Waals surface area contributed by atoms with Gasteiger partial charge in [-0.3, -0.25) is 4.40 Å². The predicted octanol–water partition coefficient (Wildman–Crippen LogP) is 3.83. The van der Waals surface area contributed by atoms with Gasteiger partial charge in [0, 0.05) is 29.9 Å². The van der Waals surface area contributed by atoms with Crippen molar-refractivity contribution in [3.63, 3.8) is 0 Å². The summed E-state index contributed by atoms with van der Waals surface area (Å²) in [6, 6.07) is 15.7. The van der Waals surface area contributed by atoms with Crippen LogP contribution in [-0.2, 0) is 6.42 Å². The van der Waals surface area contributed by atoms with Crippen LogP contribution in [0, 0.1) is 0 Å². The Hall–Kier alpha value is -2.96. The minimum atomic E-state index is -0.0582. The molecule has 0 amide bonds. The molecule has 1 aromatic carbocycles. The lowest BCUT2D eigenvalue weighted by Gasteiger charge is -2.12. The van der Waals surface area contributed by atoms with Gasteiger partial charge in [0.2, 0.25) is 0 Å². The second kappa shape index (κ2) is 7.96. The van der Waals surface area contributed by atoms with Gasteiger partial charge in [-0.05, 0) is 60.0 Å². The molecule has 6 nitrogen and oxygen atoms in total. The van der Waals surface area contributed by atoms with Gasteiger partial charge in [-0.15, -0.1) is 10.2 Å². The van der Waals surface area contributed by atoms with Gasteiger partial charge in [-0.1, -0.05) is 23.7 Å². The van der Waals surface area contributed by atoms with Crippen LogP contribution in [-0.4, -0.2) is 37.3 Å². The zero-order chi connectivity index (χ0) is 19.5. The van der Waals surface area contributed by atoms with Gasteiger partial charge in [0.1, 0.15) is 11.6 Å². The molecule has 3 heterocycles. The van der Waals surface area contributed by atoms with E-state index in [-0.39, 0.29) is 12.6 Å². The summed E-state index contributed by atoms with van der Waals surface area (Å²) in [6.45, 7) is 1.95. The van der Waals surface area contributed by atoms with E-state index in [4.69, 9.17) is 11.6 Å². The quantitative estimate of drug-likeness (QED) is 0.520. The Morgan fingerprint density at radius 3 is 2.64 bits per heavy atom. The van der Waals surface area contributed by atoms with Crippen molar-refractivity contribution in [1.29, 1.82) is 0 Å². The van der Waals surface area contributed by atoms with Gasteiger partial charge in [0.15, 0.2) is 5.65 Å². The predicted molar refractivity (Wildman–Crippen MR) is 111 cm³/mol. The number of benzene rings is 1. The standard InChI is InChI=1S/C21H20ClN5O/c1-14(13-28)24-19-11-16(6-8-23-19)17-7-9-27-20(25-26-21(27)12-17)10-15-2-4-18(22)5-3-15/h2-9,11-12,14,28H,10,13H2,1H3,(H,23,24). The first-order valence-corrected chi connectivity index (χ1v) is 9.42. The molecule has 7 heteroatoms. The van der Waals surface area contributed by atoms with Crippen LogP contribution in [0.5, 0.6) is 0 Å². The molecule has 4 aromatic rings. The van der Waals surface area contributed by atoms with Gasteiger partial charge < -0.3 is 10.4 Å². The van der Waals surface area contributed by atoms with Crippen LogP contribution in [0.25, 0.3) is 16.8 Å². The van der Waals surface area contributed by atoms with Crippen LogP contribution in [0.3, 0.4) is 0 Å². The van der Waals surface area contributed by atoms with Crippen LogP contribution in [0.15, 0.2) is 60.9 Å². The molecule has 0 aliphatic heterocycles. The highest BCUT2D eigenvalue weighted by atomic mass is 35.5. The third-order valence-corrected chi connectivity index (χ3v) is 4.77. The van der Waals surface area contributed by atoms with Crippen LogP contribution in [0.1, 0.15) is 18.3 Å². The fourth-order valence-corrected chi connectivity index (χ4v) is 3.14. The van der Waals surface area contributed by atoms with Crippen LogP contribution < -0.4 is 5.32 Å². The van der Waals surface area contributed by atoms with Crippen molar-refractivity contribution in [2.75, 3.05) is 11.9 Å². The number of pyridine rings is 2. The number of nitrogens with zero attached hydrogens (tertiary/aromatic N) is 4. The molecule has 0 aliphatic rings. The second-order valence-electron chi connectivity index (χ2n) is 6.72. The van der Waals surface area contributed by atoms with E-state index in [0.717, 1.165) is 39.0 Å². The molecular formula is C21H20ClN5O. The molecule has 1 unspecified atom stereocenters. The van der Waals surface area contributed by atoms with E-state index in [1.54, 1.807) is 6.20 Å². The smallest absolute Gasteiger partial charge is 0.161 e. The van der Waals surface area contributed by atoms with Gasteiger partial charge in [0.05, 0.1) is 6.61 Å². The molecule has 3 aromatic heterocycles. The summed E-state index contributed by atoms with van der Waals surface area (Å²) in [6.07, 6.45) is 4.42. The Bertz CT molecular complexity index is 1090. The number of hydrogen-bond acceptors (Lipinski definition) is 5. The zero-order valence-electron chi connectivity index (χ0n) is 15.4. The van der Waals surface area contributed by atoms with Crippen molar-refractivity contribution < 1.29 is 5.11 Å². The maximum absolute atomic E-state index is 9.21. The van der Waals surface area contributed by atoms with Crippen LogP contribution >= 0.6 is 11.6 Å². The van der Waals surface area contributed by atoms with Crippen molar-refractivity contribution in [2.45, 2.75) is 19.4 Å². The fourth-order valence-electron chi connectivity index (χ4n) is 3.01. The molecule has 0 saturated heterocycles. The molecule has 142 valence electrons. The number of anilines is 1. The molecule has 0 saturated carbocycles. The summed E-state index contributed by atoms with van der Waals surface area (Å²) in [5, 5.41) is 21.8. The largest absolute Gasteiger partial charge is 0.394 e. The number of nitrogens with one attached hydrogen (secondary N) is 1. The number of aromatic nitrogens is 4. The Morgan fingerprint density at radius 2 is 1.86 bits per heavy atom. The summed E-state index contributed by atoms with van der Waals surface area (Å²) >= 11 is 5.96. The molecule has 0 radical (unpaired) electrons. The average Bonchev–Trinajstić information content (AvgIpc) is 3.12. The molecule has 1 atom stereocenters. The molecular weight excluding hydrogens is 374 g/mol. The summed E-state index contributed by atoms with van der Waals surface area (Å²) in [5.74, 6) is 1.60. The van der Waals surface area contributed by atoms with Gasteiger partial charge in [0.25, 0.3) is 0 Å². The van der Waals surface area contributed by atoms with E-state index < -0.39 is 0 Å². The Morgan fingerprint density at radius 1 is 1.07 bits per heavy atom. The van der Waals surface area contributed by atoms with Crippen molar-refractivity contribution >= 4 is 23.1 Å². The van der Waals surface area contributed by atoms with Crippen LogP contribution in [0.2, 0.25) is 5.02 Å². The maximum Gasteiger partial charge on any atom is 0.161 e. The number of hydrogen-bond donors (Lipinski definition) is 2. The first-order valence-electron chi connectivity index (χ1n) is 9.04. The Balaban J connectivity index is 1.61. The number of fused-ring (bicyclic) bond motifs is 1. The van der Waals surface area contributed by atoms with E-state index in [1.807, 2.05) is 66.1 Å². The summed E-state index contributed by atoms with van der Waals surface area (Å²) in [5.41, 5.74) is 3.97. The topological polar surface area (TPSA) is 75.3 Å². The number of halogens is 1. The monoisotopic (exact) mass is 393 g/mol. The molecule has 0 fully saturated rings. The average molecular weight is 394 g/mol. The van der Waals surface area contributed by atoms with E-state index >= 15 is 0 Å². The Kier molecular flexibility index (Phi) is 5.23. The second-order valence-corrected chi connectivity index (χ2v) is 7.16. The molecule has 2 N–H and O–H groups in total. The summed E-state index contributed by atoms with van der Waals surface area (Å²) in [4.78, 5) is 4.31. The SMILES string of the molecule is CC(CO)Nc1cc(-c2ccn3c(Cc4ccc(Cl)cc4)nnc3c2)ccn1. The molecule has 0 aliphatic carbocycles.